The maximum atomic E-state index is 12.5. The van der Waals surface area contributed by atoms with E-state index in [2.05, 4.69) is 33.9 Å². The molecule has 5 nitrogen and oxygen atoms in total. The van der Waals surface area contributed by atoms with Crippen molar-refractivity contribution in [2.45, 2.75) is 19.9 Å². The summed E-state index contributed by atoms with van der Waals surface area (Å²) in [6, 6.07) is 9.95. The van der Waals surface area contributed by atoms with E-state index < -0.39 is 0 Å². The predicted octanol–water partition coefficient (Wildman–Crippen LogP) is 2.96. The lowest BCUT2D eigenvalue weighted by Crippen LogP contribution is -2.49. The zero-order valence-electron chi connectivity index (χ0n) is 13.9. The van der Waals surface area contributed by atoms with Crippen molar-refractivity contribution in [2.75, 3.05) is 26.2 Å². The zero-order valence-corrected chi connectivity index (χ0v) is 14.7. The molecule has 0 bridgehead atoms. The molecular formula is C18H21ClN4O. The van der Waals surface area contributed by atoms with Crippen molar-refractivity contribution in [3.05, 3.63) is 58.6 Å². The van der Waals surface area contributed by atoms with Crippen molar-refractivity contribution in [1.29, 1.82) is 0 Å². The van der Waals surface area contributed by atoms with Gasteiger partial charge in [-0.05, 0) is 37.6 Å². The number of hydrogen-bond donors (Lipinski definition) is 0. The van der Waals surface area contributed by atoms with Crippen LogP contribution in [0.3, 0.4) is 0 Å². The number of rotatable bonds is 3. The smallest absolute Gasteiger partial charge is 0.272 e. The van der Waals surface area contributed by atoms with Gasteiger partial charge in [-0.1, -0.05) is 23.7 Å². The third-order valence-electron chi connectivity index (χ3n) is 4.50. The third-order valence-corrected chi connectivity index (χ3v) is 4.75. The lowest BCUT2D eigenvalue weighted by atomic mass is 10.1. The number of carbonyl (C=O) groups excluding carboxylic acids is 1. The van der Waals surface area contributed by atoms with E-state index in [-0.39, 0.29) is 5.91 Å². The van der Waals surface area contributed by atoms with Crippen LogP contribution in [0.25, 0.3) is 0 Å². The number of hydrogen-bond acceptors (Lipinski definition) is 4. The molecule has 0 aliphatic carbocycles. The molecule has 24 heavy (non-hydrogen) atoms. The second kappa shape index (κ2) is 7.28. The quantitative estimate of drug-likeness (QED) is 0.859. The standard InChI is InChI=1S/C18H21ClN4O/c1-13(15-3-5-16(19)6-4-15)22-9-11-23(12-10-22)18(24)17-7-8-20-14(2)21-17/h3-8,13H,9-12H2,1-2H3/t13-/m1/s1. The lowest BCUT2D eigenvalue weighted by molar-refractivity contribution is 0.0576. The molecule has 1 aliphatic heterocycles. The van der Waals surface area contributed by atoms with Crippen LogP contribution in [0, 0.1) is 6.92 Å². The van der Waals surface area contributed by atoms with Crippen LogP contribution in [0.15, 0.2) is 36.5 Å². The average molecular weight is 345 g/mol. The SMILES string of the molecule is Cc1nccc(C(=O)N2CCN([C@H](C)c3ccc(Cl)cc3)CC2)n1. The molecule has 1 aromatic carbocycles. The van der Waals surface area contributed by atoms with Gasteiger partial charge < -0.3 is 4.90 Å². The molecule has 2 heterocycles. The third kappa shape index (κ3) is 3.74. The number of benzene rings is 1. The van der Waals surface area contributed by atoms with Crippen molar-refractivity contribution in [1.82, 2.24) is 19.8 Å². The Morgan fingerprint density at radius 3 is 2.42 bits per heavy atom. The summed E-state index contributed by atoms with van der Waals surface area (Å²) < 4.78 is 0. The minimum absolute atomic E-state index is 0.0145. The first-order chi connectivity index (χ1) is 11.5. The van der Waals surface area contributed by atoms with Crippen molar-refractivity contribution in [2.24, 2.45) is 0 Å². The Morgan fingerprint density at radius 1 is 1.12 bits per heavy atom. The number of halogens is 1. The van der Waals surface area contributed by atoms with Gasteiger partial charge in [0.05, 0.1) is 0 Å². The molecule has 0 radical (unpaired) electrons. The van der Waals surface area contributed by atoms with E-state index in [4.69, 9.17) is 11.6 Å². The van der Waals surface area contributed by atoms with Crippen LogP contribution in [0.2, 0.25) is 5.02 Å². The van der Waals surface area contributed by atoms with Gasteiger partial charge in [0.15, 0.2) is 0 Å². The molecule has 3 rings (SSSR count). The molecule has 1 amide bonds. The maximum absolute atomic E-state index is 12.5. The topological polar surface area (TPSA) is 49.3 Å². The number of nitrogens with zero attached hydrogens (tertiary/aromatic N) is 4. The Labute approximate surface area is 147 Å². The van der Waals surface area contributed by atoms with Gasteiger partial charge in [-0.2, -0.15) is 0 Å². The van der Waals surface area contributed by atoms with E-state index in [1.165, 1.54) is 5.56 Å². The molecule has 1 atom stereocenters. The Morgan fingerprint density at radius 2 is 1.79 bits per heavy atom. The van der Waals surface area contributed by atoms with Gasteiger partial charge in [0.1, 0.15) is 11.5 Å². The van der Waals surface area contributed by atoms with Gasteiger partial charge in [0.2, 0.25) is 0 Å². The first-order valence-electron chi connectivity index (χ1n) is 8.13. The number of piperazine rings is 1. The number of aromatic nitrogens is 2. The molecule has 0 spiro atoms. The summed E-state index contributed by atoms with van der Waals surface area (Å²) in [5.74, 6) is 0.607. The van der Waals surface area contributed by atoms with Crippen LogP contribution in [0.4, 0.5) is 0 Å². The molecule has 0 unspecified atom stereocenters. The predicted molar refractivity (Wildman–Crippen MR) is 94.1 cm³/mol. The molecule has 2 aromatic rings. The number of aryl methyl sites for hydroxylation is 1. The fraction of sp³-hybridized carbons (Fsp3) is 0.389. The minimum Gasteiger partial charge on any atom is -0.335 e. The summed E-state index contributed by atoms with van der Waals surface area (Å²) in [4.78, 5) is 25.1. The van der Waals surface area contributed by atoms with Crippen molar-refractivity contribution >= 4 is 17.5 Å². The largest absolute Gasteiger partial charge is 0.335 e. The van der Waals surface area contributed by atoms with Gasteiger partial charge in [0.25, 0.3) is 5.91 Å². The Kier molecular flexibility index (Phi) is 5.11. The molecule has 1 aromatic heterocycles. The summed E-state index contributed by atoms with van der Waals surface area (Å²) >= 11 is 5.96. The fourth-order valence-electron chi connectivity index (χ4n) is 3.00. The molecule has 1 aliphatic rings. The van der Waals surface area contributed by atoms with E-state index in [9.17, 15) is 4.79 Å². The minimum atomic E-state index is -0.0145. The van der Waals surface area contributed by atoms with Crippen LogP contribution in [-0.2, 0) is 0 Å². The Hall–Kier alpha value is -1.98. The van der Waals surface area contributed by atoms with Crippen molar-refractivity contribution in [3.8, 4) is 0 Å². The van der Waals surface area contributed by atoms with Crippen LogP contribution in [-0.4, -0.2) is 51.9 Å². The summed E-state index contributed by atoms with van der Waals surface area (Å²) in [5, 5.41) is 0.751. The summed E-state index contributed by atoms with van der Waals surface area (Å²) in [6.45, 7) is 7.09. The first kappa shape index (κ1) is 16.9. The molecular weight excluding hydrogens is 324 g/mol. The summed E-state index contributed by atoms with van der Waals surface area (Å²) in [7, 11) is 0. The summed E-state index contributed by atoms with van der Waals surface area (Å²) in [6.07, 6.45) is 1.63. The van der Waals surface area contributed by atoms with Crippen LogP contribution in [0.5, 0.6) is 0 Å². The molecule has 0 N–H and O–H groups in total. The van der Waals surface area contributed by atoms with Crippen LogP contribution >= 0.6 is 11.6 Å². The van der Waals surface area contributed by atoms with Gasteiger partial charge in [-0.3, -0.25) is 9.69 Å². The zero-order chi connectivity index (χ0) is 17.1. The highest BCUT2D eigenvalue weighted by Gasteiger charge is 2.26. The maximum Gasteiger partial charge on any atom is 0.272 e. The van der Waals surface area contributed by atoms with E-state index in [0.29, 0.717) is 30.6 Å². The Bertz CT molecular complexity index is 711. The van der Waals surface area contributed by atoms with Gasteiger partial charge in [-0.25, -0.2) is 9.97 Å². The van der Waals surface area contributed by atoms with E-state index >= 15 is 0 Å². The second-order valence-corrected chi connectivity index (χ2v) is 6.48. The van der Waals surface area contributed by atoms with Crippen molar-refractivity contribution in [3.63, 3.8) is 0 Å². The molecule has 126 valence electrons. The monoisotopic (exact) mass is 344 g/mol. The van der Waals surface area contributed by atoms with E-state index in [1.54, 1.807) is 19.2 Å². The van der Waals surface area contributed by atoms with Gasteiger partial charge in [-0.15, -0.1) is 0 Å². The first-order valence-corrected chi connectivity index (χ1v) is 8.51. The number of amides is 1. The average Bonchev–Trinajstić information content (AvgIpc) is 2.61. The molecule has 6 heteroatoms. The lowest BCUT2D eigenvalue weighted by Gasteiger charge is -2.38. The normalized spacial score (nSPS) is 16.9. The van der Waals surface area contributed by atoms with Crippen molar-refractivity contribution < 1.29 is 4.79 Å². The number of carbonyl (C=O) groups is 1. The highest BCUT2D eigenvalue weighted by atomic mass is 35.5. The molecule has 0 saturated carbocycles. The molecule has 1 fully saturated rings. The highest BCUT2D eigenvalue weighted by molar-refractivity contribution is 6.30. The fourth-order valence-corrected chi connectivity index (χ4v) is 3.13. The summed E-state index contributed by atoms with van der Waals surface area (Å²) in [5.41, 5.74) is 1.72. The highest BCUT2D eigenvalue weighted by Crippen LogP contribution is 2.23. The second-order valence-electron chi connectivity index (χ2n) is 6.04. The molecule has 1 saturated heterocycles. The van der Waals surface area contributed by atoms with E-state index in [1.807, 2.05) is 17.0 Å². The Balaban J connectivity index is 1.61. The van der Waals surface area contributed by atoms with Gasteiger partial charge >= 0.3 is 0 Å². The van der Waals surface area contributed by atoms with Crippen LogP contribution < -0.4 is 0 Å². The van der Waals surface area contributed by atoms with Gasteiger partial charge in [0, 0.05) is 43.4 Å². The van der Waals surface area contributed by atoms with Crippen LogP contribution in [0.1, 0.15) is 34.8 Å². The van der Waals surface area contributed by atoms with E-state index in [0.717, 1.165) is 18.1 Å².